The van der Waals surface area contributed by atoms with E-state index in [0.29, 0.717) is 12.5 Å². The second-order valence-electron chi connectivity index (χ2n) is 5.32. The molecule has 0 unspecified atom stereocenters. The van der Waals surface area contributed by atoms with Crippen molar-refractivity contribution < 1.29 is 4.74 Å². The fraction of sp³-hybridized carbons (Fsp3) is 0.438. The Balaban J connectivity index is 1.79. The Hall–Kier alpha value is -1.39. The van der Waals surface area contributed by atoms with Crippen molar-refractivity contribution in [1.29, 1.82) is 0 Å². The van der Waals surface area contributed by atoms with Gasteiger partial charge >= 0.3 is 0 Å². The Labute approximate surface area is 125 Å². The largest absolute Gasteiger partial charge is 0.487 e. The fourth-order valence-electron chi connectivity index (χ4n) is 1.84. The summed E-state index contributed by atoms with van der Waals surface area (Å²) < 4.78 is 5.73. The predicted octanol–water partition coefficient (Wildman–Crippen LogP) is 3.78. The van der Waals surface area contributed by atoms with E-state index in [2.05, 4.69) is 36.3 Å². The average Bonchev–Trinajstić information content (AvgIpc) is 2.83. The predicted molar refractivity (Wildman–Crippen MR) is 84.2 cm³/mol. The lowest BCUT2D eigenvalue weighted by molar-refractivity contribution is 0.302. The van der Waals surface area contributed by atoms with Gasteiger partial charge in [-0.3, -0.25) is 0 Å². The van der Waals surface area contributed by atoms with E-state index < -0.39 is 0 Å². The lowest BCUT2D eigenvalue weighted by Crippen LogP contribution is -2.18. The van der Waals surface area contributed by atoms with Crippen LogP contribution in [0.4, 0.5) is 0 Å². The van der Waals surface area contributed by atoms with Crippen LogP contribution in [0, 0.1) is 12.8 Å². The van der Waals surface area contributed by atoms with Crippen LogP contribution in [0.1, 0.15) is 30.1 Å². The zero-order valence-corrected chi connectivity index (χ0v) is 13.2. The summed E-state index contributed by atoms with van der Waals surface area (Å²) in [6.45, 7) is 8.92. The van der Waals surface area contributed by atoms with Crippen LogP contribution in [-0.4, -0.2) is 11.5 Å². The van der Waals surface area contributed by atoms with Gasteiger partial charge in [0.05, 0.1) is 10.7 Å². The number of benzene rings is 1. The van der Waals surface area contributed by atoms with Crippen molar-refractivity contribution in [3.63, 3.8) is 0 Å². The molecule has 1 aromatic heterocycles. The maximum absolute atomic E-state index is 5.73. The standard InChI is InChI=1S/C16H22N2OS/c1-12(2)8-17-9-14-4-6-16(7-5-14)19-10-15-11-20-13(3)18-15/h4-7,11-12,17H,8-10H2,1-3H3. The molecule has 0 bridgehead atoms. The van der Waals surface area contributed by atoms with Crippen LogP contribution in [0.25, 0.3) is 0 Å². The van der Waals surface area contributed by atoms with Crippen LogP contribution in [0.15, 0.2) is 29.6 Å². The van der Waals surface area contributed by atoms with Gasteiger partial charge in [-0.2, -0.15) is 0 Å². The molecule has 0 aliphatic heterocycles. The average molecular weight is 290 g/mol. The Morgan fingerprint density at radius 3 is 2.60 bits per heavy atom. The van der Waals surface area contributed by atoms with Crippen molar-refractivity contribution in [2.45, 2.75) is 33.9 Å². The Bertz CT molecular complexity index is 520. The quantitative estimate of drug-likeness (QED) is 0.842. The number of nitrogens with one attached hydrogen (secondary N) is 1. The van der Waals surface area contributed by atoms with Gasteiger partial charge in [0.25, 0.3) is 0 Å². The van der Waals surface area contributed by atoms with Gasteiger partial charge in [0, 0.05) is 11.9 Å². The van der Waals surface area contributed by atoms with E-state index in [0.717, 1.165) is 29.5 Å². The minimum atomic E-state index is 0.537. The Morgan fingerprint density at radius 2 is 2.00 bits per heavy atom. The van der Waals surface area contributed by atoms with Crippen molar-refractivity contribution in [2.75, 3.05) is 6.54 Å². The van der Waals surface area contributed by atoms with Crippen molar-refractivity contribution in [2.24, 2.45) is 5.92 Å². The second-order valence-corrected chi connectivity index (χ2v) is 6.38. The molecule has 0 radical (unpaired) electrons. The third-order valence-electron chi connectivity index (χ3n) is 2.86. The van der Waals surface area contributed by atoms with Crippen molar-refractivity contribution in [3.8, 4) is 5.75 Å². The van der Waals surface area contributed by atoms with E-state index >= 15 is 0 Å². The first-order chi connectivity index (χ1) is 9.63. The van der Waals surface area contributed by atoms with Gasteiger partial charge in [0.1, 0.15) is 12.4 Å². The van der Waals surface area contributed by atoms with Crippen LogP contribution in [-0.2, 0) is 13.2 Å². The topological polar surface area (TPSA) is 34.1 Å². The molecular formula is C16H22N2OS. The molecule has 20 heavy (non-hydrogen) atoms. The second kappa shape index (κ2) is 7.41. The van der Waals surface area contributed by atoms with E-state index in [1.165, 1.54) is 5.56 Å². The molecule has 0 saturated heterocycles. The molecule has 4 heteroatoms. The molecular weight excluding hydrogens is 268 g/mol. The van der Waals surface area contributed by atoms with Gasteiger partial charge < -0.3 is 10.1 Å². The molecule has 0 saturated carbocycles. The number of aromatic nitrogens is 1. The highest BCUT2D eigenvalue weighted by Gasteiger charge is 2.00. The maximum atomic E-state index is 5.73. The molecule has 0 aliphatic rings. The third kappa shape index (κ3) is 4.94. The van der Waals surface area contributed by atoms with Gasteiger partial charge in [-0.15, -0.1) is 11.3 Å². The first-order valence-corrected chi connectivity index (χ1v) is 7.85. The summed E-state index contributed by atoms with van der Waals surface area (Å²) in [5, 5.41) is 6.55. The third-order valence-corrected chi connectivity index (χ3v) is 3.68. The summed E-state index contributed by atoms with van der Waals surface area (Å²) in [7, 11) is 0. The summed E-state index contributed by atoms with van der Waals surface area (Å²) in [5.41, 5.74) is 2.28. The van der Waals surface area contributed by atoms with Crippen LogP contribution >= 0.6 is 11.3 Å². The van der Waals surface area contributed by atoms with Gasteiger partial charge in [-0.1, -0.05) is 26.0 Å². The maximum Gasteiger partial charge on any atom is 0.131 e. The highest BCUT2D eigenvalue weighted by atomic mass is 32.1. The van der Waals surface area contributed by atoms with E-state index in [9.17, 15) is 0 Å². The number of nitrogens with zero attached hydrogens (tertiary/aromatic N) is 1. The number of thiazole rings is 1. The monoisotopic (exact) mass is 290 g/mol. The van der Waals surface area contributed by atoms with E-state index in [1.54, 1.807) is 11.3 Å². The number of hydrogen-bond donors (Lipinski definition) is 1. The van der Waals surface area contributed by atoms with Gasteiger partial charge in [-0.05, 0) is 37.1 Å². The van der Waals surface area contributed by atoms with Crippen LogP contribution in [0.5, 0.6) is 5.75 Å². The number of hydrogen-bond acceptors (Lipinski definition) is 4. The molecule has 1 aromatic carbocycles. The number of rotatable bonds is 7. The number of ether oxygens (including phenoxy) is 1. The van der Waals surface area contributed by atoms with Crippen LogP contribution in [0.2, 0.25) is 0 Å². The first-order valence-electron chi connectivity index (χ1n) is 6.97. The molecule has 1 heterocycles. The zero-order chi connectivity index (χ0) is 14.4. The van der Waals surface area contributed by atoms with Crippen molar-refractivity contribution in [1.82, 2.24) is 10.3 Å². The zero-order valence-electron chi connectivity index (χ0n) is 12.3. The summed E-state index contributed by atoms with van der Waals surface area (Å²) >= 11 is 1.65. The van der Waals surface area contributed by atoms with E-state index in [-0.39, 0.29) is 0 Å². The van der Waals surface area contributed by atoms with Crippen LogP contribution in [0.3, 0.4) is 0 Å². The highest BCUT2D eigenvalue weighted by molar-refractivity contribution is 7.09. The summed E-state index contributed by atoms with van der Waals surface area (Å²) in [4.78, 5) is 4.38. The Morgan fingerprint density at radius 1 is 1.25 bits per heavy atom. The van der Waals surface area contributed by atoms with Gasteiger partial charge in [-0.25, -0.2) is 4.98 Å². The molecule has 0 fully saturated rings. The summed E-state index contributed by atoms with van der Waals surface area (Å²) in [6, 6.07) is 8.25. The van der Waals surface area contributed by atoms with Crippen molar-refractivity contribution >= 4 is 11.3 Å². The van der Waals surface area contributed by atoms with E-state index in [1.807, 2.05) is 24.4 Å². The molecule has 0 aliphatic carbocycles. The molecule has 0 spiro atoms. The Kier molecular flexibility index (Phi) is 5.56. The van der Waals surface area contributed by atoms with Crippen molar-refractivity contribution in [3.05, 3.63) is 45.9 Å². The highest BCUT2D eigenvalue weighted by Crippen LogP contribution is 2.15. The van der Waals surface area contributed by atoms with E-state index in [4.69, 9.17) is 4.74 Å². The lowest BCUT2D eigenvalue weighted by atomic mass is 10.2. The molecule has 0 atom stereocenters. The molecule has 2 rings (SSSR count). The smallest absolute Gasteiger partial charge is 0.131 e. The summed E-state index contributed by atoms with van der Waals surface area (Å²) in [5.74, 6) is 1.57. The minimum absolute atomic E-state index is 0.537. The SMILES string of the molecule is Cc1nc(COc2ccc(CNCC(C)C)cc2)cs1. The van der Waals surface area contributed by atoms with Crippen LogP contribution < -0.4 is 10.1 Å². The lowest BCUT2D eigenvalue weighted by Gasteiger charge is -2.08. The van der Waals surface area contributed by atoms with Gasteiger partial charge in [0.15, 0.2) is 0 Å². The summed E-state index contributed by atoms with van der Waals surface area (Å²) in [6.07, 6.45) is 0. The molecule has 1 N–H and O–H groups in total. The minimum Gasteiger partial charge on any atom is -0.487 e. The normalized spacial score (nSPS) is 11.0. The molecule has 3 nitrogen and oxygen atoms in total. The first kappa shape index (κ1) is 15.0. The number of aryl methyl sites for hydroxylation is 1. The molecule has 2 aromatic rings. The van der Waals surface area contributed by atoms with Gasteiger partial charge in [0.2, 0.25) is 0 Å². The molecule has 108 valence electrons. The molecule has 0 amide bonds. The fourth-order valence-corrected chi connectivity index (χ4v) is 2.44.